The third-order valence-electron chi connectivity index (χ3n) is 1.97. The highest BCUT2D eigenvalue weighted by atomic mass is 32.2. The van der Waals surface area contributed by atoms with Gasteiger partial charge in [-0.1, -0.05) is 0 Å². The fraction of sp³-hybridized carbons (Fsp3) is 0.600. The van der Waals surface area contributed by atoms with Gasteiger partial charge in [0.25, 0.3) is 0 Å². The van der Waals surface area contributed by atoms with Crippen LogP contribution in [0.3, 0.4) is 0 Å². The molecule has 1 rings (SSSR count). The van der Waals surface area contributed by atoms with Crippen LogP contribution >= 0.6 is 0 Å². The van der Waals surface area contributed by atoms with E-state index in [1.807, 2.05) is 12.1 Å². The average Bonchev–Trinajstić information content (AvgIpc) is 2.56. The molecule has 1 N–H and O–H groups in total. The predicted molar refractivity (Wildman–Crippen MR) is 58.8 cm³/mol. The van der Waals surface area contributed by atoms with E-state index in [0.717, 1.165) is 18.7 Å². The molecule has 1 heterocycles. The minimum atomic E-state index is -0.707. The summed E-state index contributed by atoms with van der Waals surface area (Å²) in [6, 6.07) is 4.23. The molecule has 0 amide bonds. The summed E-state index contributed by atoms with van der Waals surface area (Å²) in [4.78, 5) is 0. The molecule has 0 bridgehead atoms. The summed E-state index contributed by atoms with van der Waals surface area (Å²) in [7, 11) is -0.707. The lowest BCUT2D eigenvalue weighted by molar-refractivity contribution is 0.463. The van der Waals surface area contributed by atoms with E-state index in [1.54, 1.807) is 12.5 Å². The summed E-state index contributed by atoms with van der Waals surface area (Å²) in [5, 5.41) is 3.30. The standard InChI is InChI=1S/C10H17NO2S/c1-9(11-5-7-14(2)12)8-10-4-3-6-13-10/h3-4,6,9,11H,5,7-8H2,1-2H3. The zero-order valence-corrected chi connectivity index (χ0v) is 9.47. The van der Waals surface area contributed by atoms with E-state index >= 15 is 0 Å². The number of rotatable bonds is 6. The molecule has 14 heavy (non-hydrogen) atoms. The molecule has 0 radical (unpaired) electrons. The second-order valence-electron chi connectivity index (χ2n) is 3.42. The summed E-state index contributed by atoms with van der Waals surface area (Å²) in [5.74, 6) is 1.70. The van der Waals surface area contributed by atoms with E-state index in [-0.39, 0.29) is 0 Å². The lowest BCUT2D eigenvalue weighted by atomic mass is 10.2. The molecule has 0 saturated carbocycles. The molecule has 4 heteroatoms. The molecule has 1 aromatic rings. The van der Waals surface area contributed by atoms with Gasteiger partial charge in [0.1, 0.15) is 5.76 Å². The van der Waals surface area contributed by atoms with Crippen molar-refractivity contribution >= 4 is 10.8 Å². The fourth-order valence-electron chi connectivity index (χ4n) is 1.25. The van der Waals surface area contributed by atoms with Crippen molar-refractivity contribution in [2.45, 2.75) is 19.4 Å². The molecule has 0 aliphatic carbocycles. The van der Waals surface area contributed by atoms with E-state index < -0.39 is 10.8 Å². The molecule has 0 aliphatic heterocycles. The van der Waals surface area contributed by atoms with Gasteiger partial charge in [-0.15, -0.1) is 0 Å². The average molecular weight is 215 g/mol. The quantitative estimate of drug-likeness (QED) is 0.775. The van der Waals surface area contributed by atoms with Gasteiger partial charge in [-0.05, 0) is 19.1 Å². The topological polar surface area (TPSA) is 42.2 Å². The van der Waals surface area contributed by atoms with Gasteiger partial charge in [-0.2, -0.15) is 0 Å². The first kappa shape index (κ1) is 11.5. The van der Waals surface area contributed by atoms with Crippen LogP contribution < -0.4 is 5.32 Å². The number of hydrogen-bond acceptors (Lipinski definition) is 3. The molecule has 0 aromatic carbocycles. The fourth-order valence-corrected chi connectivity index (χ4v) is 1.66. The number of furan rings is 1. The van der Waals surface area contributed by atoms with Gasteiger partial charge in [0.15, 0.2) is 0 Å². The summed E-state index contributed by atoms with van der Waals surface area (Å²) >= 11 is 0. The van der Waals surface area contributed by atoms with Gasteiger partial charge in [-0.3, -0.25) is 4.21 Å². The Morgan fingerprint density at radius 2 is 2.43 bits per heavy atom. The molecule has 2 atom stereocenters. The van der Waals surface area contributed by atoms with Crippen LogP contribution in [0.5, 0.6) is 0 Å². The minimum absolute atomic E-state index is 0.365. The van der Waals surface area contributed by atoms with Crippen LogP contribution in [0, 0.1) is 0 Å². The molecular weight excluding hydrogens is 198 g/mol. The minimum Gasteiger partial charge on any atom is -0.469 e. The highest BCUT2D eigenvalue weighted by Crippen LogP contribution is 2.03. The first-order valence-electron chi connectivity index (χ1n) is 4.74. The van der Waals surface area contributed by atoms with Gasteiger partial charge in [0.05, 0.1) is 6.26 Å². The SMILES string of the molecule is CC(Cc1ccco1)NCCS(C)=O. The highest BCUT2D eigenvalue weighted by Gasteiger charge is 2.04. The Morgan fingerprint density at radius 3 is 3.00 bits per heavy atom. The Balaban J connectivity index is 2.16. The Kier molecular flexibility index (Phi) is 4.90. The zero-order valence-electron chi connectivity index (χ0n) is 8.66. The van der Waals surface area contributed by atoms with Crippen LogP contribution in [0.1, 0.15) is 12.7 Å². The van der Waals surface area contributed by atoms with Crippen molar-refractivity contribution in [3.8, 4) is 0 Å². The lowest BCUT2D eigenvalue weighted by Crippen LogP contribution is -2.31. The van der Waals surface area contributed by atoms with Gasteiger partial charge >= 0.3 is 0 Å². The maximum absolute atomic E-state index is 10.8. The lowest BCUT2D eigenvalue weighted by Gasteiger charge is -2.11. The molecule has 3 nitrogen and oxygen atoms in total. The maximum atomic E-state index is 10.8. The molecule has 2 unspecified atom stereocenters. The smallest absolute Gasteiger partial charge is 0.105 e. The molecule has 0 saturated heterocycles. The summed E-state index contributed by atoms with van der Waals surface area (Å²) in [5.41, 5.74) is 0. The van der Waals surface area contributed by atoms with Crippen molar-refractivity contribution in [3.05, 3.63) is 24.2 Å². The molecule has 0 aliphatic rings. The van der Waals surface area contributed by atoms with Crippen LogP contribution in [-0.2, 0) is 17.2 Å². The predicted octanol–water partition coefficient (Wildman–Crippen LogP) is 1.18. The molecular formula is C10H17NO2S. The Bertz CT molecular complexity index is 272. The van der Waals surface area contributed by atoms with Crippen LogP contribution in [0.4, 0.5) is 0 Å². The van der Waals surface area contributed by atoms with Crippen molar-refractivity contribution in [2.24, 2.45) is 0 Å². The van der Waals surface area contributed by atoms with Gasteiger partial charge in [-0.25, -0.2) is 0 Å². The van der Waals surface area contributed by atoms with Crippen molar-refractivity contribution in [2.75, 3.05) is 18.6 Å². The second kappa shape index (κ2) is 5.98. The van der Waals surface area contributed by atoms with Gasteiger partial charge in [0, 0.05) is 41.8 Å². The number of nitrogens with one attached hydrogen (secondary N) is 1. The third-order valence-corrected chi connectivity index (χ3v) is 2.75. The first-order valence-corrected chi connectivity index (χ1v) is 6.47. The van der Waals surface area contributed by atoms with Crippen molar-refractivity contribution in [1.82, 2.24) is 5.32 Å². The van der Waals surface area contributed by atoms with Gasteiger partial charge in [0.2, 0.25) is 0 Å². The maximum Gasteiger partial charge on any atom is 0.105 e. The Morgan fingerprint density at radius 1 is 1.64 bits per heavy atom. The highest BCUT2D eigenvalue weighted by molar-refractivity contribution is 7.84. The third kappa shape index (κ3) is 4.58. The summed E-state index contributed by atoms with van der Waals surface area (Å²) in [6.07, 6.45) is 4.28. The zero-order chi connectivity index (χ0) is 10.4. The van der Waals surface area contributed by atoms with Crippen molar-refractivity contribution in [1.29, 1.82) is 0 Å². The van der Waals surface area contributed by atoms with E-state index in [0.29, 0.717) is 11.8 Å². The Hall–Kier alpha value is -0.610. The molecule has 80 valence electrons. The van der Waals surface area contributed by atoms with E-state index in [9.17, 15) is 4.21 Å². The van der Waals surface area contributed by atoms with Crippen LogP contribution in [0.2, 0.25) is 0 Å². The molecule has 1 aromatic heterocycles. The van der Waals surface area contributed by atoms with E-state index in [4.69, 9.17) is 4.42 Å². The summed E-state index contributed by atoms with van der Waals surface area (Å²) < 4.78 is 16.0. The Labute approximate surface area is 87.3 Å². The first-order chi connectivity index (χ1) is 6.68. The van der Waals surface area contributed by atoms with Crippen LogP contribution in [-0.4, -0.2) is 28.8 Å². The normalized spacial score (nSPS) is 15.3. The van der Waals surface area contributed by atoms with Crippen LogP contribution in [0.25, 0.3) is 0 Å². The molecule has 0 fully saturated rings. The van der Waals surface area contributed by atoms with E-state index in [2.05, 4.69) is 12.2 Å². The monoisotopic (exact) mass is 215 g/mol. The summed E-state index contributed by atoms with van der Waals surface area (Å²) in [6.45, 7) is 2.89. The van der Waals surface area contributed by atoms with E-state index in [1.165, 1.54) is 0 Å². The van der Waals surface area contributed by atoms with Gasteiger partial charge < -0.3 is 9.73 Å². The van der Waals surface area contributed by atoms with Crippen molar-refractivity contribution < 1.29 is 8.63 Å². The largest absolute Gasteiger partial charge is 0.469 e. The van der Waals surface area contributed by atoms with Crippen molar-refractivity contribution in [3.63, 3.8) is 0 Å². The second-order valence-corrected chi connectivity index (χ2v) is 4.97. The molecule has 0 spiro atoms. The number of hydrogen-bond donors (Lipinski definition) is 1. The van der Waals surface area contributed by atoms with Crippen LogP contribution in [0.15, 0.2) is 22.8 Å².